The molecule has 0 unspecified atom stereocenters. The van der Waals surface area contributed by atoms with Gasteiger partial charge in [-0.15, -0.1) is 26.3 Å². The van der Waals surface area contributed by atoms with Gasteiger partial charge in [-0.2, -0.15) is 0 Å². The second kappa shape index (κ2) is 5.24. The number of benzene rings is 1. The molecule has 0 bridgehead atoms. The highest BCUT2D eigenvalue weighted by Gasteiger charge is 2.36. The van der Waals surface area contributed by atoms with Gasteiger partial charge in [-0.3, -0.25) is 4.79 Å². The largest absolute Gasteiger partial charge is 0.573 e. The number of ether oxygens (including phenoxy) is 2. The van der Waals surface area contributed by atoms with E-state index in [0.717, 1.165) is 6.07 Å². The Morgan fingerprint density at radius 3 is 1.95 bits per heavy atom. The van der Waals surface area contributed by atoms with Crippen LogP contribution in [0.2, 0.25) is 0 Å². The van der Waals surface area contributed by atoms with E-state index in [9.17, 15) is 31.1 Å². The van der Waals surface area contributed by atoms with Crippen LogP contribution in [0.25, 0.3) is 0 Å². The molecule has 0 radical (unpaired) electrons. The number of nitrogens with one attached hydrogen (secondary N) is 1. The summed E-state index contributed by atoms with van der Waals surface area (Å²) in [5.74, 6) is -2.40. The number of hydrogen-bond donors (Lipinski definition) is 1. The number of rotatable bonds is 4. The average molecular weight is 289 g/mol. The van der Waals surface area contributed by atoms with Gasteiger partial charge in [0, 0.05) is 11.8 Å². The molecule has 1 aromatic carbocycles. The number of hydrogen-bond acceptors (Lipinski definition) is 3. The van der Waals surface area contributed by atoms with Crippen molar-refractivity contribution in [3.05, 3.63) is 18.2 Å². The van der Waals surface area contributed by atoms with Gasteiger partial charge in [-0.25, -0.2) is 0 Å². The highest BCUT2D eigenvalue weighted by atomic mass is 19.4. The Bertz CT molecular complexity index is 456. The summed E-state index contributed by atoms with van der Waals surface area (Å²) in [7, 11) is 0. The highest BCUT2D eigenvalue weighted by Crippen LogP contribution is 2.37. The molecule has 0 fully saturated rings. The lowest BCUT2D eigenvalue weighted by atomic mass is 10.3. The summed E-state index contributed by atoms with van der Waals surface area (Å²) in [5.41, 5.74) is -0.191. The van der Waals surface area contributed by atoms with Gasteiger partial charge >= 0.3 is 12.7 Å². The molecular weight excluding hydrogens is 284 g/mol. The Kier molecular flexibility index (Phi) is 4.12. The molecule has 0 aliphatic heterocycles. The van der Waals surface area contributed by atoms with Crippen molar-refractivity contribution in [2.45, 2.75) is 12.7 Å². The van der Waals surface area contributed by atoms with Gasteiger partial charge < -0.3 is 14.8 Å². The Morgan fingerprint density at radius 2 is 1.47 bits per heavy atom. The van der Waals surface area contributed by atoms with E-state index in [1.54, 1.807) is 0 Å². The molecule has 1 N–H and O–H groups in total. The van der Waals surface area contributed by atoms with Crippen molar-refractivity contribution in [2.75, 3.05) is 5.32 Å². The minimum atomic E-state index is -5.20. The second-order valence-electron chi connectivity index (χ2n) is 3.02. The van der Waals surface area contributed by atoms with Crippen LogP contribution >= 0.6 is 0 Å². The first-order valence-corrected chi connectivity index (χ1v) is 4.46. The molecular formula is C9H5F6NO3. The molecule has 1 rings (SSSR count). The van der Waals surface area contributed by atoms with Crippen molar-refractivity contribution in [1.29, 1.82) is 0 Å². The zero-order chi connectivity index (χ0) is 14.7. The molecule has 0 aliphatic carbocycles. The van der Waals surface area contributed by atoms with Crippen LogP contribution in [0.5, 0.6) is 11.5 Å². The lowest BCUT2D eigenvalue weighted by molar-refractivity contribution is -0.287. The smallest absolute Gasteiger partial charge is 0.402 e. The van der Waals surface area contributed by atoms with Crippen LogP contribution in [0.1, 0.15) is 0 Å². The van der Waals surface area contributed by atoms with Crippen LogP contribution < -0.4 is 14.8 Å². The number of carbonyl (C=O) groups is 1. The summed E-state index contributed by atoms with van der Waals surface area (Å²) >= 11 is 0. The zero-order valence-corrected chi connectivity index (χ0v) is 8.80. The third kappa shape index (κ3) is 5.36. The maximum atomic E-state index is 12.0. The first-order chi connectivity index (χ1) is 8.61. The molecule has 0 spiro atoms. The minimum absolute atomic E-state index is 0.136. The molecule has 0 atom stereocenters. The monoisotopic (exact) mass is 289 g/mol. The molecule has 0 saturated carbocycles. The fourth-order valence-electron chi connectivity index (χ4n) is 1.08. The zero-order valence-electron chi connectivity index (χ0n) is 8.80. The van der Waals surface area contributed by atoms with Crippen molar-refractivity contribution in [3.63, 3.8) is 0 Å². The predicted octanol–water partition coefficient (Wildman–Crippen LogP) is 3.05. The molecule has 0 saturated heterocycles. The predicted molar refractivity (Wildman–Crippen MR) is 49.5 cm³/mol. The van der Waals surface area contributed by atoms with Crippen molar-refractivity contribution < 1.29 is 40.6 Å². The van der Waals surface area contributed by atoms with Crippen LogP contribution in [-0.4, -0.2) is 19.1 Å². The normalized spacial score (nSPS) is 11.9. The lowest BCUT2D eigenvalue weighted by Gasteiger charge is -2.16. The molecule has 0 aliphatic rings. The van der Waals surface area contributed by atoms with Crippen molar-refractivity contribution in [1.82, 2.24) is 0 Å². The van der Waals surface area contributed by atoms with Crippen LogP contribution in [0, 0.1) is 0 Å². The van der Waals surface area contributed by atoms with E-state index >= 15 is 0 Å². The Balaban J connectivity index is 3.11. The summed E-state index contributed by atoms with van der Waals surface area (Å²) in [6, 6.07) is 2.04. The van der Waals surface area contributed by atoms with Gasteiger partial charge in [0.05, 0.1) is 0 Å². The summed E-state index contributed by atoms with van der Waals surface area (Å²) in [5, 5.41) is 1.96. The summed E-state index contributed by atoms with van der Waals surface area (Å²) in [6.07, 6.45) is -10.2. The van der Waals surface area contributed by atoms with E-state index in [2.05, 4.69) is 9.47 Å². The molecule has 19 heavy (non-hydrogen) atoms. The third-order valence-electron chi connectivity index (χ3n) is 1.62. The van der Waals surface area contributed by atoms with Crippen molar-refractivity contribution in [2.24, 2.45) is 0 Å². The fourth-order valence-corrected chi connectivity index (χ4v) is 1.08. The topological polar surface area (TPSA) is 47.6 Å². The minimum Gasteiger partial charge on any atom is -0.402 e. The molecule has 1 amide bonds. The second-order valence-corrected chi connectivity index (χ2v) is 3.02. The first-order valence-electron chi connectivity index (χ1n) is 4.46. The van der Waals surface area contributed by atoms with Gasteiger partial charge in [0.25, 0.3) is 0 Å². The average Bonchev–Trinajstić information content (AvgIpc) is 2.18. The van der Waals surface area contributed by atoms with E-state index < -0.39 is 24.2 Å². The van der Waals surface area contributed by atoms with Gasteiger partial charge in [0.1, 0.15) is 0 Å². The molecule has 1 aromatic rings. The number of carbonyl (C=O) groups excluding carboxylic acids is 1. The van der Waals surface area contributed by atoms with E-state index in [1.807, 2.05) is 5.32 Å². The molecule has 0 heterocycles. The van der Waals surface area contributed by atoms with Crippen LogP contribution in [-0.2, 0) is 4.79 Å². The summed E-state index contributed by atoms with van der Waals surface area (Å²) < 4.78 is 78.7. The Morgan fingerprint density at radius 1 is 0.947 bits per heavy atom. The van der Waals surface area contributed by atoms with Crippen LogP contribution in [0.3, 0.4) is 0 Å². The maximum absolute atomic E-state index is 12.0. The van der Waals surface area contributed by atoms with Crippen molar-refractivity contribution in [3.8, 4) is 11.5 Å². The number of halogens is 6. The number of anilines is 1. The molecule has 10 heteroatoms. The Hall–Kier alpha value is -2.13. The number of amides is 1. The maximum Gasteiger partial charge on any atom is 0.573 e. The Labute approximate surface area is 101 Å². The van der Waals surface area contributed by atoms with Gasteiger partial charge in [-0.05, 0) is 12.1 Å². The van der Waals surface area contributed by atoms with E-state index in [-0.39, 0.29) is 12.1 Å². The van der Waals surface area contributed by atoms with Gasteiger partial charge in [-0.1, -0.05) is 0 Å². The standard InChI is InChI=1S/C9H5F6NO3/c10-8(11,12)18-6-2-1-5(16-4-17)3-7(6)19-9(13,14)15/h1-4H,(H,16,17). The first kappa shape index (κ1) is 14.9. The van der Waals surface area contributed by atoms with Gasteiger partial charge in [0.15, 0.2) is 11.5 Å². The number of alkyl halides is 6. The SMILES string of the molecule is O=CNc1ccc(OC(F)(F)F)c(OC(F)(F)F)c1. The third-order valence-corrected chi connectivity index (χ3v) is 1.62. The lowest BCUT2D eigenvalue weighted by Crippen LogP contribution is -2.21. The molecule has 106 valence electrons. The van der Waals surface area contributed by atoms with Gasteiger partial charge in [0.2, 0.25) is 6.41 Å². The van der Waals surface area contributed by atoms with Crippen LogP contribution in [0.15, 0.2) is 18.2 Å². The van der Waals surface area contributed by atoms with E-state index in [0.29, 0.717) is 12.1 Å². The van der Waals surface area contributed by atoms with Crippen molar-refractivity contribution >= 4 is 12.1 Å². The molecule has 0 aromatic heterocycles. The van der Waals surface area contributed by atoms with E-state index in [1.165, 1.54) is 0 Å². The van der Waals surface area contributed by atoms with Crippen LogP contribution in [0.4, 0.5) is 32.0 Å². The molecule has 4 nitrogen and oxygen atoms in total. The van der Waals surface area contributed by atoms with E-state index in [4.69, 9.17) is 0 Å². The highest BCUT2D eigenvalue weighted by molar-refractivity contribution is 5.72. The quantitative estimate of drug-likeness (QED) is 0.684. The summed E-state index contributed by atoms with van der Waals surface area (Å²) in [4.78, 5) is 10.1. The summed E-state index contributed by atoms with van der Waals surface area (Å²) in [6.45, 7) is 0. The fraction of sp³-hybridized carbons (Fsp3) is 0.222.